The Morgan fingerprint density at radius 3 is 2.69 bits per heavy atom. The van der Waals surface area contributed by atoms with Crippen molar-refractivity contribution in [1.29, 1.82) is 0 Å². The van der Waals surface area contributed by atoms with Crippen molar-refractivity contribution >= 4 is 39.5 Å². The quantitative estimate of drug-likeness (QED) is 0.742. The van der Waals surface area contributed by atoms with Gasteiger partial charge < -0.3 is 0 Å². The first-order valence-electron chi connectivity index (χ1n) is 5.51. The summed E-state index contributed by atoms with van der Waals surface area (Å²) in [5, 5.41) is 0.812. The highest BCUT2D eigenvalue weighted by Gasteiger charge is 2.36. The molecular formula is C13H13BrS2. The summed E-state index contributed by atoms with van der Waals surface area (Å²) < 4.78 is 1.96. The molecule has 2 bridgehead atoms. The Bertz CT molecular complexity index is 399. The SMILES string of the molecule is Brc1ccc(CS[C@H]2S[C@H]3C=C[C@@H]2C3)cc1. The van der Waals surface area contributed by atoms with E-state index >= 15 is 0 Å². The summed E-state index contributed by atoms with van der Waals surface area (Å²) in [6.45, 7) is 0. The van der Waals surface area contributed by atoms with Crippen LogP contribution in [0.2, 0.25) is 0 Å². The number of allylic oxidation sites excluding steroid dienone is 1. The van der Waals surface area contributed by atoms with Gasteiger partial charge in [-0.25, -0.2) is 0 Å². The van der Waals surface area contributed by atoms with Crippen molar-refractivity contribution in [2.24, 2.45) is 5.92 Å². The van der Waals surface area contributed by atoms with Crippen LogP contribution in [-0.2, 0) is 5.75 Å². The molecule has 1 heterocycles. The van der Waals surface area contributed by atoms with Crippen LogP contribution < -0.4 is 0 Å². The van der Waals surface area contributed by atoms with E-state index in [9.17, 15) is 0 Å². The fraction of sp³-hybridized carbons (Fsp3) is 0.385. The highest BCUT2D eigenvalue weighted by atomic mass is 79.9. The Morgan fingerprint density at radius 1 is 1.25 bits per heavy atom. The Morgan fingerprint density at radius 2 is 2.06 bits per heavy atom. The lowest BCUT2D eigenvalue weighted by atomic mass is 10.2. The highest BCUT2D eigenvalue weighted by Crippen LogP contribution is 2.50. The standard InChI is InChI=1S/C13H13BrS2/c14-11-4-1-9(2-5-11)8-15-13-10-3-6-12(7-10)16-13/h1-6,10,12-13H,7-8H2/t10-,12+,13+/m1/s1. The second-order valence-electron chi connectivity index (χ2n) is 4.26. The lowest BCUT2D eigenvalue weighted by molar-refractivity contribution is 0.732. The minimum absolute atomic E-state index is 0.790. The van der Waals surface area contributed by atoms with Crippen molar-refractivity contribution in [3.63, 3.8) is 0 Å². The average molecular weight is 313 g/mol. The van der Waals surface area contributed by atoms with Crippen LogP contribution in [0.15, 0.2) is 40.9 Å². The first-order chi connectivity index (χ1) is 7.81. The maximum absolute atomic E-state index is 3.47. The summed E-state index contributed by atoms with van der Waals surface area (Å²) in [4.78, 5) is 0. The molecule has 1 aliphatic carbocycles. The molecule has 3 heteroatoms. The van der Waals surface area contributed by atoms with E-state index < -0.39 is 0 Å². The van der Waals surface area contributed by atoms with Gasteiger partial charge in [0, 0.05) is 15.5 Å². The molecule has 16 heavy (non-hydrogen) atoms. The lowest BCUT2D eigenvalue weighted by Crippen LogP contribution is -2.04. The summed E-state index contributed by atoms with van der Waals surface area (Å²) in [5.74, 6) is 1.97. The zero-order valence-corrected chi connectivity index (χ0v) is 12.0. The van der Waals surface area contributed by atoms with Gasteiger partial charge >= 0.3 is 0 Å². The van der Waals surface area contributed by atoms with E-state index in [4.69, 9.17) is 0 Å². The number of hydrogen-bond donors (Lipinski definition) is 0. The van der Waals surface area contributed by atoms with Gasteiger partial charge in [-0.2, -0.15) is 0 Å². The topological polar surface area (TPSA) is 0 Å². The molecule has 3 atom stereocenters. The summed E-state index contributed by atoms with van der Waals surface area (Å²) in [6.07, 6.45) is 6.18. The summed E-state index contributed by atoms with van der Waals surface area (Å²) in [5.41, 5.74) is 1.43. The molecule has 1 saturated heterocycles. The average Bonchev–Trinajstić information content (AvgIpc) is 2.90. The third-order valence-electron chi connectivity index (χ3n) is 3.06. The third-order valence-corrected chi connectivity index (χ3v) is 6.83. The van der Waals surface area contributed by atoms with E-state index in [-0.39, 0.29) is 0 Å². The molecule has 2 aliphatic rings. The molecule has 0 spiro atoms. The maximum Gasteiger partial charge on any atom is 0.0574 e. The molecule has 1 aromatic rings. The maximum atomic E-state index is 3.47. The van der Waals surface area contributed by atoms with E-state index in [0.29, 0.717) is 0 Å². The van der Waals surface area contributed by atoms with E-state index in [1.54, 1.807) is 0 Å². The monoisotopic (exact) mass is 312 g/mol. The number of rotatable bonds is 3. The van der Waals surface area contributed by atoms with Crippen molar-refractivity contribution in [1.82, 2.24) is 0 Å². The molecular weight excluding hydrogens is 300 g/mol. The minimum Gasteiger partial charge on any atom is -0.142 e. The first kappa shape index (κ1) is 11.2. The predicted octanol–water partition coefficient (Wildman–Crippen LogP) is 4.70. The van der Waals surface area contributed by atoms with E-state index in [1.165, 1.54) is 16.5 Å². The molecule has 0 amide bonds. The van der Waals surface area contributed by atoms with Gasteiger partial charge in [-0.05, 0) is 30.0 Å². The van der Waals surface area contributed by atoms with Gasteiger partial charge in [0.1, 0.15) is 0 Å². The van der Waals surface area contributed by atoms with Crippen LogP contribution in [0.1, 0.15) is 12.0 Å². The molecule has 1 aliphatic heterocycles. The fourth-order valence-electron chi connectivity index (χ4n) is 2.19. The van der Waals surface area contributed by atoms with Crippen molar-refractivity contribution in [3.05, 3.63) is 46.5 Å². The van der Waals surface area contributed by atoms with Crippen molar-refractivity contribution in [3.8, 4) is 0 Å². The minimum atomic E-state index is 0.790. The molecule has 0 N–H and O–H groups in total. The van der Waals surface area contributed by atoms with Gasteiger partial charge in [-0.3, -0.25) is 0 Å². The lowest BCUT2D eigenvalue weighted by Gasteiger charge is -2.16. The molecule has 1 fully saturated rings. The van der Waals surface area contributed by atoms with Crippen LogP contribution >= 0.6 is 39.5 Å². The van der Waals surface area contributed by atoms with Crippen LogP contribution in [0, 0.1) is 5.92 Å². The predicted molar refractivity (Wildman–Crippen MR) is 77.9 cm³/mol. The zero-order valence-electron chi connectivity index (χ0n) is 8.80. The Balaban J connectivity index is 1.57. The third kappa shape index (κ3) is 2.36. The summed E-state index contributed by atoms with van der Waals surface area (Å²) in [7, 11) is 0. The Labute approximate surface area is 113 Å². The second-order valence-corrected chi connectivity index (χ2v) is 7.99. The van der Waals surface area contributed by atoms with Crippen LogP contribution in [0.4, 0.5) is 0 Å². The highest BCUT2D eigenvalue weighted by molar-refractivity contribution is 9.10. The summed E-state index contributed by atoms with van der Waals surface area (Å²) >= 11 is 7.72. The fourth-order valence-corrected chi connectivity index (χ4v) is 5.66. The van der Waals surface area contributed by atoms with E-state index in [2.05, 4.69) is 75.9 Å². The molecule has 0 nitrogen and oxygen atoms in total. The number of benzene rings is 1. The number of fused-ring (bicyclic) bond motifs is 2. The molecule has 1 aromatic carbocycles. The van der Waals surface area contributed by atoms with Gasteiger partial charge in [0.2, 0.25) is 0 Å². The van der Waals surface area contributed by atoms with E-state index in [1.807, 2.05) is 0 Å². The first-order valence-corrected chi connectivity index (χ1v) is 8.29. The molecule has 3 rings (SSSR count). The van der Waals surface area contributed by atoms with Crippen LogP contribution in [0.5, 0.6) is 0 Å². The van der Waals surface area contributed by atoms with Gasteiger partial charge in [-0.15, -0.1) is 23.5 Å². The van der Waals surface area contributed by atoms with Gasteiger partial charge in [-0.1, -0.05) is 40.2 Å². The summed E-state index contributed by atoms with van der Waals surface area (Å²) in [6, 6.07) is 8.68. The number of halogens is 1. The molecule has 0 unspecified atom stereocenters. The Kier molecular flexibility index (Phi) is 3.37. The van der Waals surface area contributed by atoms with Crippen molar-refractivity contribution < 1.29 is 0 Å². The number of thioether (sulfide) groups is 2. The van der Waals surface area contributed by atoms with Crippen LogP contribution in [0.25, 0.3) is 0 Å². The smallest absolute Gasteiger partial charge is 0.0574 e. The zero-order chi connectivity index (χ0) is 11.0. The molecule has 0 aromatic heterocycles. The van der Waals surface area contributed by atoms with Crippen LogP contribution in [0.3, 0.4) is 0 Å². The van der Waals surface area contributed by atoms with Crippen LogP contribution in [-0.4, -0.2) is 9.83 Å². The largest absolute Gasteiger partial charge is 0.142 e. The van der Waals surface area contributed by atoms with Crippen molar-refractivity contribution in [2.45, 2.75) is 22.0 Å². The van der Waals surface area contributed by atoms with Gasteiger partial charge in [0.25, 0.3) is 0 Å². The normalized spacial score (nSPS) is 31.2. The van der Waals surface area contributed by atoms with E-state index in [0.717, 1.165) is 21.5 Å². The second kappa shape index (κ2) is 4.79. The van der Waals surface area contributed by atoms with Crippen molar-refractivity contribution in [2.75, 3.05) is 0 Å². The molecule has 0 saturated carbocycles. The number of hydrogen-bond acceptors (Lipinski definition) is 2. The van der Waals surface area contributed by atoms with Gasteiger partial charge in [0.05, 0.1) is 4.58 Å². The Hall–Kier alpha value is 0.140. The molecule has 84 valence electrons. The van der Waals surface area contributed by atoms with Gasteiger partial charge in [0.15, 0.2) is 0 Å². The molecule has 0 radical (unpaired) electrons.